The second-order valence-corrected chi connectivity index (χ2v) is 9.88. The lowest BCUT2D eigenvalue weighted by Crippen LogP contribution is -2.24. The number of benzene rings is 2. The molecular formula is C29H26N6O4. The molecule has 10 nitrogen and oxygen atoms in total. The molecule has 39 heavy (non-hydrogen) atoms. The molecule has 1 amide bonds. The van der Waals surface area contributed by atoms with E-state index in [1.54, 1.807) is 29.4 Å². The highest BCUT2D eigenvalue weighted by Gasteiger charge is 2.32. The SMILES string of the molecule is [C-]#[N+]c1ccc(-c2cc(C3CC3)nc(N3Cc4ccc(OC[C@H](O)CO)cc4C3=O)c2)c(-c2nncn2C)c1. The van der Waals surface area contributed by atoms with Gasteiger partial charge in [0.15, 0.2) is 11.5 Å². The molecular weight excluding hydrogens is 496 g/mol. The number of aromatic nitrogens is 4. The van der Waals surface area contributed by atoms with Crippen molar-refractivity contribution in [3.63, 3.8) is 0 Å². The van der Waals surface area contributed by atoms with Crippen molar-refractivity contribution in [2.45, 2.75) is 31.4 Å². The van der Waals surface area contributed by atoms with Crippen molar-refractivity contribution in [1.82, 2.24) is 19.7 Å². The van der Waals surface area contributed by atoms with E-state index in [1.165, 1.54) is 0 Å². The van der Waals surface area contributed by atoms with Crippen LogP contribution in [0.3, 0.4) is 0 Å². The number of fused-ring (bicyclic) bond motifs is 1. The van der Waals surface area contributed by atoms with Gasteiger partial charge in [0, 0.05) is 29.8 Å². The highest BCUT2D eigenvalue weighted by atomic mass is 16.5. The van der Waals surface area contributed by atoms with Gasteiger partial charge < -0.3 is 19.5 Å². The number of aliphatic hydroxyl groups is 2. The third-order valence-electron chi connectivity index (χ3n) is 7.04. The molecule has 0 saturated heterocycles. The monoisotopic (exact) mass is 522 g/mol. The van der Waals surface area contributed by atoms with E-state index in [9.17, 15) is 9.90 Å². The first-order valence-electron chi connectivity index (χ1n) is 12.7. The molecule has 0 radical (unpaired) electrons. The Morgan fingerprint density at radius 1 is 1.13 bits per heavy atom. The minimum Gasteiger partial charge on any atom is -0.491 e. The van der Waals surface area contributed by atoms with Gasteiger partial charge in [-0.1, -0.05) is 18.2 Å². The zero-order valence-corrected chi connectivity index (χ0v) is 21.3. The molecule has 0 unspecified atom stereocenters. The van der Waals surface area contributed by atoms with Crippen LogP contribution in [0.15, 0.2) is 54.9 Å². The number of pyridine rings is 1. The first-order valence-corrected chi connectivity index (χ1v) is 12.7. The number of hydrogen-bond acceptors (Lipinski definition) is 7. The van der Waals surface area contributed by atoms with Gasteiger partial charge in [0.25, 0.3) is 5.91 Å². The smallest absolute Gasteiger partial charge is 0.260 e. The van der Waals surface area contributed by atoms with Crippen molar-refractivity contribution >= 4 is 17.4 Å². The summed E-state index contributed by atoms with van der Waals surface area (Å²) < 4.78 is 7.37. The second-order valence-electron chi connectivity index (χ2n) is 9.88. The highest BCUT2D eigenvalue weighted by Crippen LogP contribution is 2.43. The van der Waals surface area contributed by atoms with Gasteiger partial charge >= 0.3 is 0 Å². The molecule has 196 valence electrons. The third-order valence-corrected chi connectivity index (χ3v) is 7.04. The summed E-state index contributed by atoms with van der Waals surface area (Å²) in [6.07, 6.45) is 2.74. The van der Waals surface area contributed by atoms with Crippen LogP contribution in [0.2, 0.25) is 0 Å². The first-order chi connectivity index (χ1) is 18.9. The van der Waals surface area contributed by atoms with Crippen LogP contribution in [-0.4, -0.2) is 55.2 Å². The van der Waals surface area contributed by atoms with Crippen LogP contribution in [0.25, 0.3) is 27.4 Å². The number of aliphatic hydroxyl groups excluding tert-OH is 2. The second kappa shape index (κ2) is 9.94. The minimum absolute atomic E-state index is 0.0678. The van der Waals surface area contributed by atoms with Gasteiger partial charge in [0.2, 0.25) is 0 Å². The van der Waals surface area contributed by atoms with Crippen LogP contribution < -0.4 is 9.64 Å². The average Bonchev–Trinajstić information content (AvgIpc) is 3.66. The van der Waals surface area contributed by atoms with Gasteiger partial charge in [0.05, 0.1) is 19.7 Å². The van der Waals surface area contributed by atoms with Crippen LogP contribution in [0.5, 0.6) is 5.75 Å². The number of carbonyl (C=O) groups is 1. The Kier molecular flexibility index (Phi) is 6.30. The molecule has 3 heterocycles. The van der Waals surface area contributed by atoms with E-state index in [1.807, 2.05) is 35.9 Å². The van der Waals surface area contributed by atoms with E-state index in [-0.39, 0.29) is 12.5 Å². The van der Waals surface area contributed by atoms with Crippen LogP contribution in [0.4, 0.5) is 11.5 Å². The molecule has 2 aromatic heterocycles. The summed E-state index contributed by atoms with van der Waals surface area (Å²) in [5.74, 6) is 1.83. The van der Waals surface area contributed by atoms with E-state index < -0.39 is 12.7 Å². The van der Waals surface area contributed by atoms with Crippen molar-refractivity contribution in [3.8, 4) is 28.3 Å². The van der Waals surface area contributed by atoms with E-state index in [4.69, 9.17) is 21.4 Å². The predicted octanol–water partition coefficient (Wildman–Crippen LogP) is 3.86. The Morgan fingerprint density at radius 2 is 1.97 bits per heavy atom. The van der Waals surface area contributed by atoms with Crippen LogP contribution >= 0.6 is 0 Å². The summed E-state index contributed by atoms with van der Waals surface area (Å²) in [5, 5.41) is 26.9. The zero-order chi connectivity index (χ0) is 27.1. The lowest BCUT2D eigenvalue weighted by atomic mass is 9.97. The van der Waals surface area contributed by atoms with Crippen molar-refractivity contribution in [3.05, 3.63) is 83.1 Å². The normalized spacial score (nSPS) is 15.2. The Bertz CT molecular complexity index is 1620. The lowest BCUT2D eigenvalue weighted by molar-refractivity contribution is 0.0536. The van der Waals surface area contributed by atoms with Gasteiger partial charge in [0.1, 0.15) is 30.6 Å². The Morgan fingerprint density at radius 3 is 2.69 bits per heavy atom. The fourth-order valence-electron chi connectivity index (χ4n) is 4.78. The number of nitrogens with zero attached hydrogens (tertiary/aromatic N) is 6. The van der Waals surface area contributed by atoms with Gasteiger partial charge in [-0.15, -0.1) is 10.2 Å². The number of anilines is 1. The Labute approximate surface area is 225 Å². The highest BCUT2D eigenvalue weighted by molar-refractivity contribution is 6.10. The quantitative estimate of drug-likeness (QED) is 0.337. The molecule has 0 bridgehead atoms. The molecule has 4 aromatic rings. The Balaban J connectivity index is 1.39. The summed E-state index contributed by atoms with van der Waals surface area (Å²) in [7, 11) is 1.86. The van der Waals surface area contributed by atoms with E-state index in [0.717, 1.165) is 40.8 Å². The van der Waals surface area contributed by atoms with E-state index in [0.29, 0.717) is 41.1 Å². The summed E-state index contributed by atoms with van der Waals surface area (Å²) in [6.45, 7) is 7.40. The standard InChI is InChI=1S/C29H26N6O4/c1-30-20-6-8-23(25(11-20)28-33-31-16-34(28)2)19-9-26(17-3-4-17)32-27(10-19)35-13-18-5-7-22(12-24(18)29(35)38)39-15-21(37)14-36/h5-12,16-17,21,36-37H,3-4,13-15H2,2H3/t21-/m1/s1. The van der Waals surface area contributed by atoms with Gasteiger partial charge in [-0.2, -0.15) is 0 Å². The first kappa shape index (κ1) is 24.7. The van der Waals surface area contributed by atoms with E-state index in [2.05, 4.69) is 21.1 Å². The molecule has 2 N–H and O–H groups in total. The van der Waals surface area contributed by atoms with E-state index >= 15 is 0 Å². The minimum atomic E-state index is -0.992. The summed E-state index contributed by atoms with van der Waals surface area (Å²) in [5.41, 5.74) is 5.37. The van der Waals surface area contributed by atoms with Crippen LogP contribution in [-0.2, 0) is 13.6 Å². The van der Waals surface area contributed by atoms with Crippen LogP contribution in [0, 0.1) is 6.57 Å². The third kappa shape index (κ3) is 4.74. The summed E-state index contributed by atoms with van der Waals surface area (Å²) in [6, 6.07) is 14.8. The van der Waals surface area contributed by atoms with Crippen molar-refractivity contribution in [1.29, 1.82) is 0 Å². The Hall–Kier alpha value is -4.59. The molecule has 10 heteroatoms. The maximum Gasteiger partial charge on any atom is 0.260 e. The summed E-state index contributed by atoms with van der Waals surface area (Å²) >= 11 is 0. The predicted molar refractivity (Wildman–Crippen MR) is 143 cm³/mol. The number of ether oxygens (including phenoxy) is 1. The lowest BCUT2D eigenvalue weighted by Gasteiger charge is -2.18. The maximum absolute atomic E-state index is 13.6. The van der Waals surface area contributed by atoms with Gasteiger partial charge in [-0.25, -0.2) is 9.83 Å². The van der Waals surface area contributed by atoms with Gasteiger partial charge in [-0.3, -0.25) is 9.69 Å². The van der Waals surface area contributed by atoms with Crippen LogP contribution in [0.1, 0.15) is 40.4 Å². The average molecular weight is 523 g/mol. The zero-order valence-electron chi connectivity index (χ0n) is 21.3. The molecule has 1 fully saturated rings. The number of aryl methyl sites for hydroxylation is 1. The molecule has 2 aliphatic rings. The molecule has 1 aliphatic heterocycles. The number of hydrogen-bond donors (Lipinski definition) is 2. The maximum atomic E-state index is 13.6. The summed E-state index contributed by atoms with van der Waals surface area (Å²) in [4.78, 5) is 23.7. The molecule has 1 aliphatic carbocycles. The number of carbonyl (C=O) groups excluding carboxylic acids is 1. The number of amides is 1. The van der Waals surface area contributed by atoms with Crippen molar-refractivity contribution in [2.75, 3.05) is 18.1 Å². The topological polar surface area (TPSA) is 118 Å². The van der Waals surface area contributed by atoms with Gasteiger partial charge in [-0.05, 0) is 59.9 Å². The number of rotatable bonds is 8. The van der Waals surface area contributed by atoms with Crippen molar-refractivity contribution in [2.24, 2.45) is 7.05 Å². The molecule has 1 saturated carbocycles. The molecule has 6 rings (SSSR count). The largest absolute Gasteiger partial charge is 0.491 e. The molecule has 1 atom stereocenters. The fraction of sp³-hybridized carbons (Fsp3) is 0.276. The molecule has 2 aromatic carbocycles. The molecule has 0 spiro atoms. The fourth-order valence-corrected chi connectivity index (χ4v) is 4.78. The van der Waals surface area contributed by atoms with Crippen molar-refractivity contribution < 1.29 is 19.7 Å².